The van der Waals surface area contributed by atoms with Crippen LogP contribution in [-0.4, -0.2) is 51.7 Å². The number of aliphatic hydroxyl groups excluding tert-OH is 2. The molecule has 0 aliphatic carbocycles. The highest BCUT2D eigenvalue weighted by molar-refractivity contribution is 5.58. The number of aromatic nitrogens is 3. The summed E-state index contributed by atoms with van der Waals surface area (Å²) in [7, 11) is 0. The molecule has 0 saturated carbocycles. The zero-order valence-corrected chi connectivity index (χ0v) is 14.2. The number of aliphatic hydroxyl groups is 2. The van der Waals surface area contributed by atoms with Crippen LogP contribution in [0.2, 0.25) is 0 Å². The van der Waals surface area contributed by atoms with Crippen LogP contribution in [0, 0.1) is 0 Å². The maximum absolute atomic E-state index is 9.10. The van der Waals surface area contributed by atoms with E-state index in [1.54, 1.807) is 0 Å². The molecule has 0 radical (unpaired) electrons. The molecule has 2 aromatic carbocycles. The van der Waals surface area contributed by atoms with Crippen molar-refractivity contribution in [3.05, 3.63) is 54.9 Å². The molecule has 3 aromatic rings. The van der Waals surface area contributed by atoms with Gasteiger partial charge in [0, 0.05) is 24.3 Å². The maximum atomic E-state index is 9.10. The number of benzene rings is 2. The van der Waals surface area contributed by atoms with Crippen molar-refractivity contribution in [3.8, 4) is 11.4 Å². The summed E-state index contributed by atoms with van der Waals surface area (Å²) in [4.78, 5) is 6.01. The minimum absolute atomic E-state index is 0.0333. The van der Waals surface area contributed by atoms with Gasteiger partial charge in [-0.3, -0.25) is 5.10 Å². The van der Waals surface area contributed by atoms with Crippen LogP contribution in [0.15, 0.2) is 65.1 Å². The fourth-order valence-electron chi connectivity index (χ4n) is 2.49. The summed E-state index contributed by atoms with van der Waals surface area (Å²) in [6, 6.07) is 15.0. The lowest BCUT2D eigenvalue weighted by molar-refractivity contribution is 0.281. The summed E-state index contributed by atoms with van der Waals surface area (Å²) in [5.41, 5.74) is 3.31. The van der Waals surface area contributed by atoms with Crippen molar-refractivity contribution in [2.45, 2.75) is 0 Å². The van der Waals surface area contributed by atoms with Gasteiger partial charge in [0.2, 0.25) is 0 Å². The summed E-state index contributed by atoms with van der Waals surface area (Å²) in [6.07, 6.45) is 1.47. The van der Waals surface area contributed by atoms with Crippen molar-refractivity contribution in [1.82, 2.24) is 15.2 Å². The average molecular weight is 352 g/mol. The number of azo groups is 1. The minimum Gasteiger partial charge on any atom is -0.395 e. The van der Waals surface area contributed by atoms with Crippen molar-refractivity contribution >= 4 is 17.1 Å². The van der Waals surface area contributed by atoms with Gasteiger partial charge in [-0.1, -0.05) is 0 Å². The number of H-pyrrole nitrogens is 1. The highest BCUT2D eigenvalue weighted by Gasteiger charge is 2.05. The van der Waals surface area contributed by atoms with Gasteiger partial charge in [0.25, 0.3) is 0 Å². The lowest BCUT2D eigenvalue weighted by Crippen LogP contribution is -2.29. The SMILES string of the molecule is OCCN(CCO)c1ccc(N=Nc2ccc(-c3ncn[nH]3)cc2)cc1. The van der Waals surface area contributed by atoms with E-state index in [0.717, 1.165) is 22.6 Å². The lowest BCUT2D eigenvalue weighted by atomic mass is 10.2. The van der Waals surface area contributed by atoms with E-state index in [-0.39, 0.29) is 13.2 Å². The highest BCUT2D eigenvalue weighted by atomic mass is 16.3. The summed E-state index contributed by atoms with van der Waals surface area (Å²) >= 11 is 0. The molecule has 0 amide bonds. The summed E-state index contributed by atoms with van der Waals surface area (Å²) < 4.78 is 0. The first-order valence-corrected chi connectivity index (χ1v) is 8.24. The van der Waals surface area contributed by atoms with Crippen LogP contribution in [-0.2, 0) is 0 Å². The fraction of sp³-hybridized carbons (Fsp3) is 0.222. The molecule has 1 heterocycles. The van der Waals surface area contributed by atoms with Gasteiger partial charge in [0.05, 0.1) is 24.6 Å². The van der Waals surface area contributed by atoms with Crippen molar-refractivity contribution < 1.29 is 10.2 Å². The summed E-state index contributed by atoms with van der Waals surface area (Å²) in [5, 5.41) is 33.3. The number of aromatic amines is 1. The Kier molecular flexibility index (Phi) is 6.02. The van der Waals surface area contributed by atoms with Gasteiger partial charge >= 0.3 is 0 Å². The lowest BCUT2D eigenvalue weighted by Gasteiger charge is -2.22. The number of hydrogen-bond donors (Lipinski definition) is 3. The van der Waals surface area contributed by atoms with Crippen LogP contribution in [0.25, 0.3) is 11.4 Å². The largest absolute Gasteiger partial charge is 0.395 e. The molecule has 26 heavy (non-hydrogen) atoms. The molecule has 0 unspecified atom stereocenters. The number of nitrogens with zero attached hydrogens (tertiary/aromatic N) is 5. The molecule has 134 valence electrons. The standard InChI is InChI=1S/C18H20N6O2/c25-11-9-24(10-12-26)17-7-5-16(6-8-17)22-21-15-3-1-14(2-4-15)18-19-13-20-23-18/h1-8,13,25-26H,9-12H2,(H,19,20,23). The Bertz CT molecular complexity index is 810. The second kappa shape index (κ2) is 8.84. The quantitative estimate of drug-likeness (QED) is 0.540. The smallest absolute Gasteiger partial charge is 0.155 e. The minimum atomic E-state index is 0.0333. The fourth-order valence-corrected chi connectivity index (χ4v) is 2.49. The normalized spacial score (nSPS) is 11.2. The van der Waals surface area contributed by atoms with E-state index in [0.29, 0.717) is 18.9 Å². The number of anilines is 1. The molecule has 1 aromatic heterocycles. The molecule has 0 fully saturated rings. The molecule has 3 rings (SSSR count). The van der Waals surface area contributed by atoms with Crippen LogP contribution in [0.5, 0.6) is 0 Å². The Morgan fingerprint density at radius 2 is 1.42 bits per heavy atom. The summed E-state index contributed by atoms with van der Waals surface area (Å²) in [6.45, 7) is 1.01. The van der Waals surface area contributed by atoms with Gasteiger partial charge < -0.3 is 15.1 Å². The molecule has 0 aliphatic heterocycles. The van der Waals surface area contributed by atoms with Crippen LogP contribution in [0.4, 0.5) is 17.1 Å². The maximum Gasteiger partial charge on any atom is 0.155 e. The van der Waals surface area contributed by atoms with Crippen LogP contribution in [0.1, 0.15) is 0 Å². The first-order valence-electron chi connectivity index (χ1n) is 8.24. The van der Waals surface area contributed by atoms with Crippen LogP contribution < -0.4 is 4.90 Å². The third-order valence-corrected chi connectivity index (χ3v) is 3.79. The molecule has 0 bridgehead atoms. The zero-order chi connectivity index (χ0) is 18.2. The molecule has 0 saturated heterocycles. The number of rotatable bonds is 8. The van der Waals surface area contributed by atoms with Crippen molar-refractivity contribution in [3.63, 3.8) is 0 Å². The third-order valence-electron chi connectivity index (χ3n) is 3.79. The Morgan fingerprint density at radius 3 is 1.92 bits per heavy atom. The molecular weight excluding hydrogens is 332 g/mol. The Hall–Kier alpha value is -3.10. The highest BCUT2D eigenvalue weighted by Crippen LogP contribution is 2.23. The first kappa shape index (κ1) is 17.7. The molecule has 0 spiro atoms. The van der Waals surface area contributed by atoms with E-state index in [9.17, 15) is 0 Å². The van der Waals surface area contributed by atoms with E-state index in [4.69, 9.17) is 10.2 Å². The molecule has 3 N–H and O–H groups in total. The van der Waals surface area contributed by atoms with Gasteiger partial charge in [0.1, 0.15) is 6.33 Å². The van der Waals surface area contributed by atoms with E-state index in [1.807, 2.05) is 53.4 Å². The molecular formula is C18H20N6O2. The summed E-state index contributed by atoms with van der Waals surface area (Å²) in [5.74, 6) is 0.708. The van der Waals surface area contributed by atoms with Gasteiger partial charge in [0.15, 0.2) is 5.82 Å². The number of hydrogen-bond acceptors (Lipinski definition) is 7. The van der Waals surface area contributed by atoms with Gasteiger partial charge in [-0.05, 0) is 48.5 Å². The number of nitrogens with one attached hydrogen (secondary N) is 1. The molecule has 0 atom stereocenters. The van der Waals surface area contributed by atoms with Crippen molar-refractivity contribution in [1.29, 1.82) is 0 Å². The molecule has 8 heteroatoms. The molecule has 8 nitrogen and oxygen atoms in total. The Labute approximate surface area is 150 Å². The Balaban J connectivity index is 1.66. The van der Waals surface area contributed by atoms with E-state index >= 15 is 0 Å². The zero-order valence-electron chi connectivity index (χ0n) is 14.2. The van der Waals surface area contributed by atoms with Crippen LogP contribution >= 0.6 is 0 Å². The van der Waals surface area contributed by atoms with Gasteiger partial charge in [-0.15, -0.1) is 0 Å². The average Bonchev–Trinajstić information content (AvgIpc) is 3.22. The monoisotopic (exact) mass is 352 g/mol. The third kappa shape index (κ3) is 4.50. The van der Waals surface area contributed by atoms with E-state index in [1.165, 1.54) is 6.33 Å². The van der Waals surface area contributed by atoms with Crippen molar-refractivity contribution in [2.75, 3.05) is 31.2 Å². The van der Waals surface area contributed by atoms with Gasteiger partial charge in [-0.25, -0.2) is 4.98 Å². The van der Waals surface area contributed by atoms with Crippen molar-refractivity contribution in [2.24, 2.45) is 10.2 Å². The van der Waals surface area contributed by atoms with Crippen LogP contribution in [0.3, 0.4) is 0 Å². The van der Waals surface area contributed by atoms with E-state index < -0.39 is 0 Å². The second-order valence-corrected chi connectivity index (χ2v) is 5.53. The second-order valence-electron chi connectivity index (χ2n) is 5.53. The predicted octanol–water partition coefficient (Wildman–Crippen LogP) is 2.68. The molecule has 0 aliphatic rings. The Morgan fingerprint density at radius 1 is 0.846 bits per heavy atom. The predicted molar refractivity (Wildman–Crippen MR) is 98.8 cm³/mol. The van der Waals surface area contributed by atoms with E-state index in [2.05, 4.69) is 25.4 Å². The topological polar surface area (TPSA) is 110 Å². The van der Waals surface area contributed by atoms with Gasteiger partial charge in [-0.2, -0.15) is 15.3 Å². The first-order chi connectivity index (χ1) is 12.8.